The summed E-state index contributed by atoms with van der Waals surface area (Å²) >= 11 is 0. The molecule has 0 N–H and O–H groups in total. The van der Waals surface area contributed by atoms with Crippen LogP contribution in [-0.2, 0) is 0 Å². The van der Waals surface area contributed by atoms with Crippen LogP contribution in [0, 0.1) is 41.4 Å². The van der Waals surface area contributed by atoms with Crippen LogP contribution in [0.25, 0.3) is 21.5 Å². The maximum absolute atomic E-state index is 13.1. The van der Waals surface area contributed by atoms with E-state index < -0.39 is 24.9 Å². The zero-order chi connectivity index (χ0) is 44.3. The van der Waals surface area contributed by atoms with Gasteiger partial charge in [-0.05, 0) is 197 Å². The van der Waals surface area contributed by atoms with Gasteiger partial charge < -0.3 is 14.2 Å². The summed E-state index contributed by atoms with van der Waals surface area (Å²) in [5.41, 5.74) is 3.30. The lowest BCUT2D eigenvalue weighted by Crippen LogP contribution is -2.40. The lowest BCUT2D eigenvalue weighted by molar-refractivity contribution is -0.289. The van der Waals surface area contributed by atoms with Crippen LogP contribution in [0.3, 0.4) is 0 Å². The molecule has 0 aromatic heterocycles. The molecule has 3 nitrogen and oxygen atoms in total. The fourth-order valence-electron chi connectivity index (χ4n) is 12.6. The van der Waals surface area contributed by atoms with E-state index in [1.165, 1.54) is 66.1 Å². The Bertz CT molecular complexity index is 2550. The average molecular weight is 877 g/mol. The van der Waals surface area contributed by atoms with E-state index in [4.69, 9.17) is 14.2 Å². The Hall–Kier alpha value is -5.18. The molecule has 4 aliphatic rings. The third-order valence-corrected chi connectivity index (χ3v) is 15.6. The summed E-state index contributed by atoms with van der Waals surface area (Å²) in [7, 11) is 0. The molecule has 4 fully saturated rings. The Kier molecular flexibility index (Phi) is 11.3. The molecule has 0 spiro atoms. The van der Waals surface area contributed by atoms with Gasteiger partial charge in [0, 0.05) is 0 Å². The third kappa shape index (κ3) is 8.68. The predicted octanol–water partition coefficient (Wildman–Crippen LogP) is 15.8. The second-order valence-corrected chi connectivity index (χ2v) is 19.5. The van der Waals surface area contributed by atoms with Gasteiger partial charge in [0.1, 0.15) is 35.7 Å². The van der Waals surface area contributed by atoms with Crippen molar-refractivity contribution in [2.45, 2.75) is 95.0 Å². The zero-order valence-corrected chi connectivity index (χ0v) is 36.1. The van der Waals surface area contributed by atoms with Gasteiger partial charge in [-0.25, -0.2) is 0 Å². The Morgan fingerprint density at radius 1 is 0.516 bits per heavy atom. The van der Waals surface area contributed by atoms with Crippen molar-refractivity contribution in [1.29, 1.82) is 0 Å². The quantitative estimate of drug-likeness (QED) is 0.0620. The monoisotopic (exact) mass is 876 g/mol. The molecule has 0 amide bonds. The summed E-state index contributed by atoms with van der Waals surface area (Å²) in [6.45, 7) is 2.81. The molecule has 64 heavy (non-hydrogen) atoms. The van der Waals surface area contributed by atoms with Crippen LogP contribution in [0.4, 0.5) is 26.3 Å². The second-order valence-electron chi connectivity index (χ2n) is 19.5. The van der Waals surface area contributed by atoms with E-state index in [0.717, 1.165) is 76.0 Å². The Labute approximate surface area is 371 Å². The summed E-state index contributed by atoms with van der Waals surface area (Å²) in [5, 5.41) is 4.66. The van der Waals surface area contributed by atoms with Gasteiger partial charge in [0.15, 0.2) is 5.92 Å². The highest BCUT2D eigenvalue weighted by atomic mass is 19.4. The maximum atomic E-state index is 13.1. The highest BCUT2D eigenvalue weighted by molar-refractivity contribution is 5.98. The minimum absolute atomic E-state index is 0.0275. The van der Waals surface area contributed by atoms with Crippen molar-refractivity contribution < 1.29 is 40.6 Å². The van der Waals surface area contributed by atoms with Crippen molar-refractivity contribution >= 4 is 21.5 Å². The minimum Gasteiger partial charge on any atom is -0.493 e. The topological polar surface area (TPSA) is 27.7 Å². The number of halogens is 6. The molecule has 10 rings (SSSR count). The number of fused-ring (bicyclic) bond motifs is 11. The molecular weight excluding hydrogens is 823 g/mol. The van der Waals surface area contributed by atoms with Gasteiger partial charge in [-0.2, -0.15) is 26.3 Å². The van der Waals surface area contributed by atoms with Crippen LogP contribution in [0.15, 0.2) is 127 Å². The van der Waals surface area contributed by atoms with E-state index >= 15 is 0 Å². The molecule has 0 aliphatic heterocycles. The molecule has 10 unspecified atom stereocenters. The molecule has 4 saturated carbocycles. The second kappa shape index (κ2) is 17.0. The van der Waals surface area contributed by atoms with Crippen LogP contribution >= 0.6 is 0 Å². The van der Waals surface area contributed by atoms with Crippen LogP contribution in [0.1, 0.15) is 93.2 Å². The van der Waals surface area contributed by atoms with Crippen molar-refractivity contribution in [1.82, 2.24) is 0 Å². The molecule has 0 saturated heterocycles. The largest absolute Gasteiger partial charge is 0.493 e. The van der Waals surface area contributed by atoms with Gasteiger partial charge in [0.2, 0.25) is 0 Å². The van der Waals surface area contributed by atoms with Crippen LogP contribution in [0.2, 0.25) is 0 Å². The molecule has 4 bridgehead atoms. The highest BCUT2D eigenvalue weighted by Gasteiger charge is 2.63. The van der Waals surface area contributed by atoms with E-state index in [-0.39, 0.29) is 23.5 Å². The fourth-order valence-corrected chi connectivity index (χ4v) is 12.6. The van der Waals surface area contributed by atoms with Gasteiger partial charge in [0.25, 0.3) is 0 Å². The number of alkyl halides is 6. The van der Waals surface area contributed by atoms with Crippen LogP contribution in [0.5, 0.6) is 23.0 Å². The number of ether oxygens (including phenoxy) is 3. The first-order valence-electron chi connectivity index (χ1n) is 23.1. The van der Waals surface area contributed by atoms with E-state index in [1.54, 1.807) is 12.1 Å². The molecule has 0 heterocycles. The highest BCUT2D eigenvalue weighted by Crippen LogP contribution is 2.67. The van der Waals surface area contributed by atoms with Gasteiger partial charge in [-0.15, -0.1) is 0 Å². The predicted molar refractivity (Wildman–Crippen MR) is 239 cm³/mol. The van der Waals surface area contributed by atoms with E-state index in [9.17, 15) is 26.3 Å². The molecule has 4 aliphatic carbocycles. The first-order valence-corrected chi connectivity index (χ1v) is 23.1. The van der Waals surface area contributed by atoms with Crippen molar-refractivity contribution in [3.8, 4) is 23.0 Å². The Balaban J connectivity index is 0.831. The SMILES string of the molecule is CC(CC(CC(C)c1ccc(Oc2ccc3cc4ccccc4cc3c2)cc1)c1ccc(OC2CC3CC2C2C4CCC(C4)C32)cc1)c1ccc(OCC(C(F)(F)F)C(F)(F)F)cc1. The molecule has 6 aromatic rings. The summed E-state index contributed by atoms with van der Waals surface area (Å²) in [5.74, 6) is 4.34. The summed E-state index contributed by atoms with van der Waals surface area (Å²) in [6.07, 6.45) is -2.24. The molecule has 334 valence electrons. The van der Waals surface area contributed by atoms with Crippen molar-refractivity contribution in [2.24, 2.45) is 41.4 Å². The molecular formula is C55H54F6O3. The first-order chi connectivity index (χ1) is 30.7. The van der Waals surface area contributed by atoms with Crippen molar-refractivity contribution in [3.05, 3.63) is 144 Å². The molecule has 0 radical (unpaired) electrons. The third-order valence-electron chi connectivity index (χ3n) is 15.6. The number of hydrogen-bond donors (Lipinski definition) is 0. The Morgan fingerprint density at radius 2 is 1.05 bits per heavy atom. The summed E-state index contributed by atoms with van der Waals surface area (Å²) in [4.78, 5) is 0. The van der Waals surface area contributed by atoms with Crippen LogP contribution in [-0.4, -0.2) is 25.1 Å². The minimum atomic E-state index is -5.46. The lowest BCUT2D eigenvalue weighted by atomic mass is 9.70. The van der Waals surface area contributed by atoms with Gasteiger partial charge in [-0.3, -0.25) is 0 Å². The number of rotatable bonds is 14. The van der Waals surface area contributed by atoms with E-state index in [2.05, 4.69) is 86.6 Å². The van der Waals surface area contributed by atoms with E-state index in [1.807, 2.05) is 30.3 Å². The van der Waals surface area contributed by atoms with E-state index in [0.29, 0.717) is 12.0 Å². The standard InChI is InChI=1S/C55H54F6O3/c1-32(34-9-16-45(17-10-34)62-31-51(54(56,57)58)55(59,60)61)23-42(36-13-20-47(21-14-36)64-50-30-44-29-49(50)53-41-8-7-40(27-41)52(44)53)24-33(2)35-11-18-46(19-12-35)63-48-22-15-39-25-37-5-3-4-6-38(37)26-43(39)28-48/h3-6,9-22,25-26,28,32-33,40-42,44,49-53H,7-8,23-24,27,29-31H2,1-2H3. The average Bonchev–Trinajstić information content (AvgIpc) is 4.08. The molecule has 6 aromatic carbocycles. The van der Waals surface area contributed by atoms with Gasteiger partial charge in [-0.1, -0.05) is 80.6 Å². The first kappa shape index (κ1) is 42.8. The lowest BCUT2D eigenvalue weighted by Gasteiger charge is -2.38. The normalized spacial score (nSPS) is 25.2. The van der Waals surface area contributed by atoms with Crippen molar-refractivity contribution in [3.63, 3.8) is 0 Å². The maximum Gasteiger partial charge on any atom is 0.403 e. The Morgan fingerprint density at radius 3 is 1.67 bits per heavy atom. The van der Waals surface area contributed by atoms with Crippen molar-refractivity contribution in [2.75, 3.05) is 6.61 Å². The van der Waals surface area contributed by atoms with Gasteiger partial charge in [0.05, 0.1) is 0 Å². The van der Waals surface area contributed by atoms with Gasteiger partial charge >= 0.3 is 12.4 Å². The van der Waals surface area contributed by atoms with Crippen LogP contribution < -0.4 is 14.2 Å². The summed E-state index contributed by atoms with van der Waals surface area (Å²) < 4.78 is 96.9. The number of hydrogen-bond acceptors (Lipinski definition) is 3. The zero-order valence-electron chi connectivity index (χ0n) is 36.1. The number of benzene rings is 6. The fraction of sp³-hybridized carbons (Fsp3) is 0.418. The summed E-state index contributed by atoms with van der Waals surface area (Å²) in [6, 6.07) is 42.2. The molecule has 10 atom stereocenters. The molecule has 9 heteroatoms. The smallest absolute Gasteiger partial charge is 0.403 e.